The lowest BCUT2D eigenvalue weighted by molar-refractivity contribution is -0.137. The van der Waals surface area contributed by atoms with Crippen LogP contribution in [0.2, 0.25) is 0 Å². The van der Waals surface area contributed by atoms with Gasteiger partial charge in [-0.25, -0.2) is 0 Å². The molecule has 0 saturated carbocycles. The Morgan fingerprint density at radius 3 is 2.45 bits per heavy atom. The van der Waals surface area contributed by atoms with Crippen molar-refractivity contribution in [2.24, 2.45) is 0 Å². The van der Waals surface area contributed by atoms with Crippen LogP contribution in [0.25, 0.3) is 0 Å². The smallest absolute Gasteiger partial charge is 0.263 e. The Labute approximate surface area is 226 Å². The number of nitrogens with zero attached hydrogens (tertiary/aromatic N) is 3. The van der Waals surface area contributed by atoms with Crippen LogP contribution in [0.5, 0.6) is 5.75 Å². The summed E-state index contributed by atoms with van der Waals surface area (Å²) in [6.07, 6.45) is 1.67. The van der Waals surface area contributed by atoms with E-state index in [1.807, 2.05) is 77.0 Å². The van der Waals surface area contributed by atoms with Crippen molar-refractivity contribution in [2.75, 3.05) is 44.9 Å². The van der Waals surface area contributed by atoms with Crippen molar-refractivity contribution in [3.05, 3.63) is 82.6 Å². The van der Waals surface area contributed by atoms with Gasteiger partial charge in [0.2, 0.25) is 5.91 Å². The fraction of sp³-hybridized carbons (Fsp3) is 0.345. The summed E-state index contributed by atoms with van der Waals surface area (Å²) < 4.78 is 5.39. The number of benzene rings is 2. The number of para-hydroxylation sites is 2. The van der Waals surface area contributed by atoms with Gasteiger partial charge in [0, 0.05) is 25.3 Å². The van der Waals surface area contributed by atoms with Crippen LogP contribution in [-0.4, -0.2) is 73.0 Å². The minimum absolute atomic E-state index is 0.00627. The van der Waals surface area contributed by atoms with E-state index in [9.17, 15) is 14.4 Å². The van der Waals surface area contributed by atoms with E-state index in [4.69, 9.17) is 4.74 Å². The van der Waals surface area contributed by atoms with Crippen LogP contribution in [0, 0.1) is 0 Å². The number of ether oxygens (including phenoxy) is 1. The van der Waals surface area contributed by atoms with Crippen LogP contribution >= 0.6 is 11.3 Å². The molecule has 38 heavy (non-hydrogen) atoms. The Hall–Kier alpha value is -3.85. The maximum atomic E-state index is 13.9. The summed E-state index contributed by atoms with van der Waals surface area (Å²) in [5.74, 6) is 0.562. The lowest BCUT2D eigenvalue weighted by Crippen LogP contribution is -2.57. The van der Waals surface area contributed by atoms with Crippen LogP contribution < -0.4 is 15.0 Å². The third kappa shape index (κ3) is 5.11. The number of amides is 3. The number of anilines is 1. The lowest BCUT2D eigenvalue weighted by Gasteiger charge is -2.43. The van der Waals surface area contributed by atoms with Crippen LogP contribution in [0.1, 0.15) is 28.1 Å². The summed E-state index contributed by atoms with van der Waals surface area (Å²) in [5, 5.41) is 4.85. The molecule has 0 radical (unpaired) electrons. The van der Waals surface area contributed by atoms with Gasteiger partial charge in [0.1, 0.15) is 17.8 Å². The lowest BCUT2D eigenvalue weighted by atomic mass is 9.85. The molecule has 1 N–H and O–H groups in total. The number of nitrogens with one attached hydrogen (secondary N) is 1. The second-order valence-corrected chi connectivity index (χ2v) is 10.6. The Balaban J connectivity index is 1.25. The van der Waals surface area contributed by atoms with Gasteiger partial charge in [-0.3, -0.25) is 14.4 Å². The number of carbonyl (C=O) groups excluding carboxylic acids is 3. The van der Waals surface area contributed by atoms with Crippen molar-refractivity contribution in [3.63, 3.8) is 0 Å². The van der Waals surface area contributed by atoms with Gasteiger partial charge in [0.15, 0.2) is 0 Å². The first-order valence-electron chi connectivity index (χ1n) is 12.9. The molecule has 5 rings (SSSR count). The SMILES string of the molecule is COc1ccccc1CCNC(=O)CN1CN(c2ccccc2)C2(CCN(C(=O)c3cccs3)CC2)C1=O. The van der Waals surface area contributed by atoms with E-state index in [1.165, 1.54) is 11.3 Å². The van der Waals surface area contributed by atoms with Gasteiger partial charge < -0.3 is 24.8 Å². The Morgan fingerprint density at radius 1 is 1.00 bits per heavy atom. The highest BCUT2D eigenvalue weighted by Crippen LogP contribution is 2.39. The van der Waals surface area contributed by atoms with Gasteiger partial charge >= 0.3 is 0 Å². The van der Waals surface area contributed by atoms with Gasteiger partial charge in [0.25, 0.3) is 11.8 Å². The third-order valence-corrected chi connectivity index (χ3v) is 8.29. The molecular formula is C29H32N4O4S. The number of methoxy groups -OCH3 is 1. The molecule has 1 spiro atoms. The van der Waals surface area contributed by atoms with E-state index < -0.39 is 5.54 Å². The van der Waals surface area contributed by atoms with E-state index in [2.05, 4.69) is 10.2 Å². The minimum atomic E-state index is -0.773. The fourth-order valence-corrected chi connectivity index (χ4v) is 6.12. The van der Waals surface area contributed by atoms with Crippen LogP contribution in [0.15, 0.2) is 72.1 Å². The third-order valence-electron chi connectivity index (χ3n) is 7.44. The van der Waals surface area contributed by atoms with Gasteiger partial charge in [-0.2, -0.15) is 0 Å². The molecular weight excluding hydrogens is 500 g/mol. The number of hydrogen-bond acceptors (Lipinski definition) is 6. The topological polar surface area (TPSA) is 82.2 Å². The standard InChI is InChI=1S/C29H32N4O4S/c1-37-24-11-6-5-8-22(24)13-16-30-26(34)20-32-21-33(23-9-3-2-4-10-23)29(28(32)36)14-17-31(18-15-29)27(35)25-12-7-19-38-25/h2-12,19H,13-18,20-21H2,1H3,(H,30,34). The van der Waals surface area contributed by atoms with E-state index in [1.54, 1.807) is 12.0 Å². The van der Waals surface area contributed by atoms with Crippen molar-refractivity contribution >= 4 is 34.7 Å². The second kappa shape index (κ2) is 11.3. The molecule has 9 heteroatoms. The number of hydrogen-bond donors (Lipinski definition) is 1. The van der Waals surface area contributed by atoms with Gasteiger partial charge in [-0.15, -0.1) is 11.3 Å². The number of likely N-dealkylation sites (tertiary alicyclic amines) is 1. The highest BCUT2D eigenvalue weighted by Gasteiger charge is 2.54. The molecule has 3 heterocycles. The summed E-state index contributed by atoms with van der Waals surface area (Å²) in [6.45, 7) is 1.76. The second-order valence-electron chi connectivity index (χ2n) is 9.62. The summed E-state index contributed by atoms with van der Waals surface area (Å²) >= 11 is 1.43. The van der Waals surface area contributed by atoms with Gasteiger partial charge in [-0.05, 0) is 54.5 Å². The first-order chi connectivity index (χ1) is 18.5. The van der Waals surface area contributed by atoms with E-state index in [-0.39, 0.29) is 24.3 Å². The normalized spacial score (nSPS) is 16.7. The van der Waals surface area contributed by atoms with Crippen molar-refractivity contribution < 1.29 is 19.1 Å². The van der Waals surface area contributed by atoms with E-state index >= 15 is 0 Å². The Kier molecular flexibility index (Phi) is 7.64. The van der Waals surface area contributed by atoms with E-state index in [0.717, 1.165) is 17.0 Å². The zero-order valence-electron chi connectivity index (χ0n) is 21.5. The van der Waals surface area contributed by atoms with E-state index in [0.29, 0.717) is 50.4 Å². The molecule has 0 unspecified atom stereocenters. The Morgan fingerprint density at radius 2 is 1.74 bits per heavy atom. The molecule has 2 fully saturated rings. The fourth-order valence-electron chi connectivity index (χ4n) is 5.43. The van der Waals surface area contributed by atoms with Crippen molar-refractivity contribution in [3.8, 4) is 5.75 Å². The molecule has 0 atom stereocenters. The molecule has 1 aromatic heterocycles. The monoisotopic (exact) mass is 532 g/mol. The first kappa shape index (κ1) is 25.8. The van der Waals surface area contributed by atoms with Crippen LogP contribution in [0.3, 0.4) is 0 Å². The average Bonchev–Trinajstić information content (AvgIpc) is 3.58. The minimum Gasteiger partial charge on any atom is -0.496 e. The maximum absolute atomic E-state index is 13.9. The molecule has 2 aromatic carbocycles. The van der Waals surface area contributed by atoms with Gasteiger partial charge in [-0.1, -0.05) is 42.5 Å². The van der Waals surface area contributed by atoms with Crippen molar-refractivity contribution in [1.82, 2.24) is 15.1 Å². The predicted molar refractivity (Wildman–Crippen MR) is 147 cm³/mol. The predicted octanol–water partition coefficient (Wildman–Crippen LogP) is 3.40. The molecule has 8 nitrogen and oxygen atoms in total. The summed E-state index contributed by atoms with van der Waals surface area (Å²) in [5.41, 5.74) is 1.19. The Bertz CT molecular complexity index is 1270. The zero-order valence-corrected chi connectivity index (χ0v) is 22.3. The highest BCUT2D eigenvalue weighted by molar-refractivity contribution is 7.12. The maximum Gasteiger partial charge on any atom is 0.263 e. The van der Waals surface area contributed by atoms with Crippen LogP contribution in [0.4, 0.5) is 5.69 Å². The van der Waals surface area contributed by atoms with Crippen LogP contribution in [-0.2, 0) is 16.0 Å². The first-order valence-corrected chi connectivity index (χ1v) is 13.7. The molecule has 3 amide bonds. The number of piperidine rings is 1. The highest BCUT2D eigenvalue weighted by atomic mass is 32.1. The quantitative estimate of drug-likeness (QED) is 0.481. The number of thiophene rings is 1. The molecule has 198 valence electrons. The number of rotatable bonds is 8. The average molecular weight is 533 g/mol. The number of carbonyl (C=O) groups is 3. The summed E-state index contributed by atoms with van der Waals surface area (Å²) in [7, 11) is 1.63. The summed E-state index contributed by atoms with van der Waals surface area (Å²) in [6, 6.07) is 21.3. The zero-order chi connectivity index (χ0) is 26.5. The largest absolute Gasteiger partial charge is 0.496 e. The molecule has 0 aliphatic carbocycles. The summed E-state index contributed by atoms with van der Waals surface area (Å²) in [4.78, 5) is 46.0. The van der Waals surface area contributed by atoms with Gasteiger partial charge in [0.05, 0.1) is 18.7 Å². The van der Waals surface area contributed by atoms with Crippen molar-refractivity contribution in [1.29, 1.82) is 0 Å². The molecule has 2 aliphatic rings. The molecule has 3 aromatic rings. The van der Waals surface area contributed by atoms with Crippen molar-refractivity contribution in [2.45, 2.75) is 24.8 Å². The molecule has 0 bridgehead atoms. The molecule has 2 saturated heterocycles. The molecule has 2 aliphatic heterocycles.